The van der Waals surface area contributed by atoms with Crippen LogP contribution in [0.2, 0.25) is 0 Å². The number of aromatic nitrogens is 2. The molecule has 212 valence electrons. The third-order valence-electron chi connectivity index (χ3n) is 9.31. The SMILES string of the molecule is Cc1cc(-c2cnc3[nH]cc(-c4ccc(C(=O)N(C)C[C@@H]5CCOC5)cc4)c3c2)cc2c1N1CCN(C)C[C@@H]1CC2. The number of amides is 1. The van der Waals surface area contributed by atoms with Crippen LogP contribution in [0.4, 0.5) is 5.69 Å². The van der Waals surface area contributed by atoms with Crippen LogP contribution in [0.5, 0.6) is 0 Å². The van der Waals surface area contributed by atoms with Crippen molar-refractivity contribution in [2.75, 3.05) is 58.4 Å². The van der Waals surface area contributed by atoms with Crippen LogP contribution in [0.25, 0.3) is 33.3 Å². The Hall–Kier alpha value is -3.68. The van der Waals surface area contributed by atoms with Gasteiger partial charge in [0.15, 0.2) is 0 Å². The molecule has 0 radical (unpaired) electrons. The minimum absolute atomic E-state index is 0.0528. The van der Waals surface area contributed by atoms with E-state index in [9.17, 15) is 4.79 Å². The lowest BCUT2D eigenvalue weighted by Crippen LogP contribution is -2.54. The molecule has 2 aromatic heterocycles. The molecule has 0 spiro atoms. The summed E-state index contributed by atoms with van der Waals surface area (Å²) in [5.41, 5.74) is 10.4. The van der Waals surface area contributed by atoms with Crippen molar-refractivity contribution in [3.8, 4) is 22.3 Å². The lowest BCUT2D eigenvalue weighted by atomic mass is 9.89. The van der Waals surface area contributed by atoms with Crippen LogP contribution in [0.15, 0.2) is 54.9 Å². The third-order valence-corrected chi connectivity index (χ3v) is 9.31. The van der Waals surface area contributed by atoms with Gasteiger partial charge in [0, 0.05) is 92.0 Å². The van der Waals surface area contributed by atoms with Crippen LogP contribution in [0.3, 0.4) is 0 Å². The van der Waals surface area contributed by atoms with Gasteiger partial charge in [-0.05, 0) is 85.8 Å². The third kappa shape index (κ3) is 4.91. The number of likely N-dealkylation sites (N-methyl/N-ethyl adjacent to an activating group) is 1. The molecule has 0 saturated carbocycles. The number of nitrogens with zero attached hydrogens (tertiary/aromatic N) is 4. The molecule has 0 bridgehead atoms. The molecule has 2 saturated heterocycles. The molecular weight excluding hydrogens is 510 g/mol. The largest absolute Gasteiger partial charge is 0.381 e. The van der Waals surface area contributed by atoms with Crippen molar-refractivity contribution < 1.29 is 9.53 Å². The Bertz CT molecular complexity index is 1590. The van der Waals surface area contributed by atoms with Gasteiger partial charge >= 0.3 is 0 Å². The molecule has 2 aromatic carbocycles. The Kier molecular flexibility index (Phi) is 6.79. The molecule has 7 rings (SSSR count). The zero-order chi connectivity index (χ0) is 28.1. The molecule has 7 nitrogen and oxygen atoms in total. The van der Waals surface area contributed by atoms with E-state index in [1.165, 1.54) is 28.8 Å². The molecule has 41 heavy (non-hydrogen) atoms. The number of pyridine rings is 1. The number of carbonyl (C=O) groups excluding carboxylic acids is 1. The van der Waals surface area contributed by atoms with E-state index in [2.05, 4.69) is 47.0 Å². The molecule has 2 fully saturated rings. The van der Waals surface area contributed by atoms with E-state index < -0.39 is 0 Å². The zero-order valence-electron chi connectivity index (χ0n) is 24.3. The van der Waals surface area contributed by atoms with Crippen LogP contribution in [-0.2, 0) is 11.2 Å². The predicted molar refractivity (Wildman–Crippen MR) is 165 cm³/mol. The lowest BCUT2D eigenvalue weighted by Gasteiger charge is -2.46. The fourth-order valence-corrected chi connectivity index (χ4v) is 7.11. The van der Waals surface area contributed by atoms with E-state index in [1.54, 1.807) is 0 Å². The average molecular weight is 550 g/mol. The van der Waals surface area contributed by atoms with Gasteiger partial charge in [-0.15, -0.1) is 0 Å². The topological polar surface area (TPSA) is 64.7 Å². The molecule has 2 atom stereocenters. The van der Waals surface area contributed by atoms with Crippen LogP contribution < -0.4 is 4.90 Å². The predicted octanol–water partition coefficient (Wildman–Crippen LogP) is 5.38. The summed E-state index contributed by atoms with van der Waals surface area (Å²) >= 11 is 0. The second-order valence-electron chi connectivity index (χ2n) is 12.3. The molecule has 1 amide bonds. The number of piperazine rings is 1. The summed E-state index contributed by atoms with van der Waals surface area (Å²) < 4.78 is 5.48. The molecule has 3 aliphatic heterocycles. The molecule has 0 unspecified atom stereocenters. The Labute approximate surface area is 242 Å². The highest BCUT2D eigenvalue weighted by Gasteiger charge is 2.31. The van der Waals surface area contributed by atoms with Crippen molar-refractivity contribution in [2.24, 2.45) is 5.92 Å². The molecule has 0 aliphatic carbocycles. The summed E-state index contributed by atoms with van der Waals surface area (Å²) in [7, 11) is 4.12. The Morgan fingerprint density at radius 2 is 1.95 bits per heavy atom. The number of aromatic amines is 1. The Balaban J connectivity index is 1.15. The number of hydrogen-bond acceptors (Lipinski definition) is 5. The first-order chi connectivity index (χ1) is 19.9. The summed E-state index contributed by atoms with van der Waals surface area (Å²) in [5.74, 6) is 0.482. The maximum absolute atomic E-state index is 13.0. The normalized spacial score (nSPS) is 20.7. The van der Waals surface area contributed by atoms with Gasteiger partial charge in [0.1, 0.15) is 5.65 Å². The Morgan fingerprint density at radius 3 is 2.76 bits per heavy atom. The van der Waals surface area contributed by atoms with Crippen molar-refractivity contribution in [3.63, 3.8) is 0 Å². The van der Waals surface area contributed by atoms with E-state index in [0.29, 0.717) is 17.5 Å². The summed E-state index contributed by atoms with van der Waals surface area (Å²) in [5, 5.41) is 1.09. The van der Waals surface area contributed by atoms with Crippen molar-refractivity contribution in [3.05, 3.63) is 71.5 Å². The number of ether oxygens (including phenoxy) is 1. The van der Waals surface area contributed by atoms with Crippen molar-refractivity contribution in [2.45, 2.75) is 32.2 Å². The first-order valence-corrected chi connectivity index (χ1v) is 14.9. The van der Waals surface area contributed by atoms with Gasteiger partial charge in [-0.2, -0.15) is 0 Å². The Morgan fingerprint density at radius 1 is 1.10 bits per heavy atom. The van der Waals surface area contributed by atoms with E-state index >= 15 is 0 Å². The fourth-order valence-electron chi connectivity index (χ4n) is 7.11. The first kappa shape index (κ1) is 26.2. The number of carbonyl (C=O) groups is 1. The van der Waals surface area contributed by atoms with E-state index in [-0.39, 0.29) is 5.91 Å². The maximum Gasteiger partial charge on any atom is 0.253 e. The summed E-state index contributed by atoms with van der Waals surface area (Å²) in [6, 6.07) is 15.6. The highest BCUT2D eigenvalue weighted by molar-refractivity contribution is 5.98. The first-order valence-electron chi connectivity index (χ1n) is 14.9. The standard InChI is InChI=1S/C34H39N5O2/c1-22-14-27(15-26-8-9-29-20-37(2)11-12-39(29)32(22)26)28-16-30-31(18-36-33(30)35-17-28)24-4-6-25(7-5-24)34(40)38(3)19-23-10-13-41-21-23/h4-7,14-18,23,29H,8-13,19-21H2,1-3H3,(H,35,36)/t23-,29-/m0/s1. The minimum atomic E-state index is 0.0528. The van der Waals surface area contributed by atoms with Gasteiger partial charge < -0.3 is 24.4 Å². The number of aryl methyl sites for hydroxylation is 2. The molecule has 3 aliphatic rings. The van der Waals surface area contributed by atoms with Crippen LogP contribution in [0.1, 0.15) is 34.3 Å². The number of H-pyrrole nitrogens is 1. The van der Waals surface area contributed by atoms with Gasteiger partial charge in [0.05, 0.1) is 6.61 Å². The van der Waals surface area contributed by atoms with E-state index in [1.807, 2.05) is 48.6 Å². The van der Waals surface area contributed by atoms with Gasteiger partial charge in [-0.3, -0.25) is 4.79 Å². The molecule has 1 N–H and O–H groups in total. The quantitative estimate of drug-likeness (QED) is 0.362. The number of benzene rings is 2. The molecule has 5 heterocycles. The van der Waals surface area contributed by atoms with Gasteiger partial charge in [0.2, 0.25) is 0 Å². The number of fused-ring (bicyclic) bond motifs is 4. The van der Waals surface area contributed by atoms with Crippen molar-refractivity contribution in [1.82, 2.24) is 19.8 Å². The fraction of sp³-hybridized carbons (Fsp3) is 0.412. The number of anilines is 1. The van der Waals surface area contributed by atoms with E-state index in [0.717, 1.165) is 80.0 Å². The smallest absolute Gasteiger partial charge is 0.253 e. The van der Waals surface area contributed by atoms with Crippen LogP contribution in [-0.4, -0.2) is 85.2 Å². The van der Waals surface area contributed by atoms with Crippen LogP contribution >= 0.6 is 0 Å². The highest BCUT2D eigenvalue weighted by atomic mass is 16.5. The summed E-state index contributed by atoms with van der Waals surface area (Å²) in [4.78, 5) is 28.1. The molecule has 7 heteroatoms. The molecular formula is C34H39N5O2. The van der Waals surface area contributed by atoms with Crippen molar-refractivity contribution in [1.29, 1.82) is 0 Å². The highest BCUT2D eigenvalue weighted by Crippen LogP contribution is 2.39. The summed E-state index contributed by atoms with van der Waals surface area (Å²) in [6.45, 7) is 7.91. The molecule has 4 aromatic rings. The van der Waals surface area contributed by atoms with E-state index in [4.69, 9.17) is 9.72 Å². The lowest BCUT2D eigenvalue weighted by molar-refractivity contribution is 0.0766. The van der Waals surface area contributed by atoms with Gasteiger partial charge in [-0.1, -0.05) is 12.1 Å². The average Bonchev–Trinajstić information content (AvgIpc) is 3.66. The number of rotatable bonds is 5. The second kappa shape index (κ2) is 10.6. The zero-order valence-corrected chi connectivity index (χ0v) is 24.3. The monoisotopic (exact) mass is 549 g/mol. The maximum atomic E-state index is 13.0. The second-order valence-corrected chi connectivity index (χ2v) is 12.3. The minimum Gasteiger partial charge on any atom is -0.381 e. The number of nitrogens with one attached hydrogen (secondary N) is 1. The van der Waals surface area contributed by atoms with Crippen LogP contribution in [0, 0.1) is 12.8 Å². The van der Waals surface area contributed by atoms with Gasteiger partial charge in [0.25, 0.3) is 5.91 Å². The number of hydrogen-bond donors (Lipinski definition) is 1. The van der Waals surface area contributed by atoms with Gasteiger partial charge in [-0.25, -0.2) is 4.98 Å². The van der Waals surface area contributed by atoms with Crippen molar-refractivity contribution >= 4 is 22.6 Å². The summed E-state index contributed by atoms with van der Waals surface area (Å²) in [6.07, 6.45) is 7.37.